The number of unbranched alkanes of at least 4 members (excludes halogenated alkanes) is 4. The van der Waals surface area contributed by atoms with Gasteiger partial charge in [-0.3, -0.25) is 0 Å². The average Bonchev–Trinajstić information content (AvgIpc) is 3.12. The molecule has 0 atom stereocenters. The zero-order valence-electron chi connectivity index (χ0n) is 24.9. The fourth-order valence-electron chi connectivity index (χ4n) is 5.70. The van der Waals surface area contributed by atoms with Crippen molar-refractivity contribution in [3.8, 4) is 5.75 Å². The SMILES string of the molecule is CN(CCCCCCC1=C(c2ccc(F)cc2)CCCc2cc(O)ccc21)CCCCS(=O)(=O)CCCC(F)(F)C(F)F. The fourth-order valence-corrected chi connectivity index (χ4v) is 7.13. The Hall–Kier alpha value is -2.46. The van der Waals surface area contributed by atoms with Crippen LogP contribution in [0.5, 0.6) is 5.75 Å². The minimum absolute atomic E-state index is 0.125. The summed E-state index contributed by atoms with van der Waals surface area (Å²) in [6.07, 6.45) is 3.42. The van der Waals surface area contributed by atoms with Crippen molar-refractivity contribution in [3.05, 3.63) is 65.0 Å². The van der Waals surface area contributed by atoms with E-state index in [1.165, 1.54) is 28.8 Å². The van der Waals surface area contributed by atoms with E-state index in [1.54, 1.807) is 6.07 Å². The van der Waals surface area contributed by atoms with E-state index >= 15 is 0 Å². The Kier molecular flexibility index (Phi) is 13.5. The first kappa shape index (κ1) is 35.0. The van der Waals surface area contributed by atoms with Gasteiger partial charge in [0.15, 0.2) is 0 Å². The van der Waals surface area contributed by atoms with E-state index in [9.17, 15) is 35.5 Å². The largest absolute Gasteiger partial charge is 0.508 e. The summed E-state index contributed by atoms with van der Waals surface area (Å²) in [6, 6.07) is 12.3. The molecular formula is C33H44F5NO3S. The first-order chi connectivity index (χ1) is 20.4. The molecular weight excluding hydrogens is 585 g/mol. The highest BCUT2D eigenvalue weighted by atomic mass is 32.2. The smallest absolute Gasteiger partial charge is 0.307 e. The van der Waals surface area contributed by atoms with Gasteiger partial charge < -0.3 is 10.0 Å². The van der Waals surface area contributed by atoms with Gasteiger partial charge in [-0.25, -0.2) is 30.4 Å². The number of nitrogens with zero attached hydrogens (tertiary/aromatic N) is 1. The molecule has 0 fully saturated rings. The van der Waals surface area contributed by atoms with Crippen molar-refractivity contribution in [1.29, 1.82) is 0 Å². The molecule has 0 saturated heterocycles. The predicted octanol–water partition coefficient (Wildman–Crippen LogP) is 8.54. The van der Waals surface area contributed by atoms with Gasteiger partial charge >= 0.3 is 12.3 Å². The maximum Gasteiger partial charge on any atom is 0.307 e. The molecule has 1 N–H and O–H groups in total. The van der Waals surface area contributed by atoms with Crippen LogP contribution in [0.4, 0.5) is 22.0 Å². The zero-order chi connectivity index (χ0) is 31.5. The Balaban J connectivity index is 1.40. The molecule has 43 heavy (non-hydrogen) atoms. The molecule has 1 aliphatic carbocycles. The van der Waals surface area contributed by atoms with Gasteiger partial charge in [0, 0.05) is 6.42 Å². The molecule has 0 unspecified atom stereocenters. The Bertz CT molecular complexity index is 1300. The molecule has 1 aliphatic rings. The predicted molar refractivity (Wildman–Crippen MR) is 163 cm³/mol. The molecule has 240 valence electrons. The summed E-state index contributed by atoms with van der Waals surface area (Å²) >= 11 is 0. The number of halogens is 5. The summed E-state index contributed by atoms with van der Waals surface area (Å²) in [4.78, 5) is 2.15. The number of aryl methyl sites for hydroxylation is 1. The number of phenols is 1. The lowest BCUT2D eigenvalue weighted by Crippen LogP contribution is -2.27. The van der Waals surface area contributed by atoms with Gasteiger partial charge in [-0.15, -0.1) is 0 Å². The molecule has 0 saturated carbocycles. The molecule has 4 nitrogen and oxygen atoms in total. The van der Waals surface area contributed by atoms with Crippen LogP contribution in [0.2, 0.25) is 0 Å². The number of phenolic OH excluding ortho intramolecular Hbond substituents is 1. The highest BCUT2D eigenvalue weighted by molar-refractivity contribution is 7.91. The first-order valence-corrected chi connectivity index (χ1v) is 17.1. The van der Waals surface area contributed by atoms with Crippen LogP contribution < -0.4 is 0 Å². The van der Waals surface area contributed by atoms with Gasteiger partial charge in [-0.2, -0.15) is 0 Å². The molecule has 0 aliphatic heterocycles. The van der Waals surface area contributed by atoms with Crippen molar-refractivity contribution in [2.45, 2.75) is 89.4 Å². The van der Waals surface area contributed by atoms with E-state index in [-0.39, 0.29) is 17.3 Å². The fraction of sp³-hybridized carbons (Fsp3) is 0.576. The molecule has 0 amide bonds. The Morgan fingerprint density at radius 1 is 0.884 bits per heavy atom. The van der Waals surface area contributed by atoms with E-state index in [4.69, 9.17) is 0 Å². The second-order valence-corrected chi connectivity index (χ2v) is 14.0. The molecule has 10 heteroatoms. The van der Waals surface area contributed by atoms with Crippen molar-refractivity contribution in [1.82, 2.24) is 4.90 Å². The van der Waals surface area contributed by atoms with Crippen LogP contribution in [0, 0.1) is 5.82 Å². The molecule has 0 radical (unpaired) electrons. The summed E-state index contributed by atoms with van der Waals surface area (Å²) in [5.74, 6) is -4.76. The zero-order valence-corrected chi connectivity index (χ0v) is 25.8. The van der Waals surface area contributed by atoms with E-state index in [2.05, 4.69) is 4.90 Å². The third-order valence-corrected chi connectivity index (χ3v) is 9.91. The van der Waals surface area contributed by atoms with Gasteiger partial charge in [0.1, 0.15) is 21.4 Å². The van der Waals surface area contributed by atoms with E-state index < -0.39 is 40.8 Å². The number of alkyl halides is 4. The number of fused-ring (bicyclic) bond motifs is 1. The number of allylic oxidation sites excluding steroid dienone is 2. The lowest BCUT2D eigenvalue weighted by Gasteiger charge is -2.18. The van der Waals surface area contributed by atoms with Gasteiger partial charge in [0.2, 0.25) is 0 Å². The number of rotatable bonds is 18. The molecule has 0 spiro atoms. The lowest BCUT2D eigenvalue weighted by atomic mass is 9.89. The quantitative estimate of drug-likeness (QED) is 0.133. The summed E-state index contributed by atoms with van der Waals surface area (Å²) in [5, 5.41) is 10.0. The van der Waals surface area contributed by atoms with Crippen molar-refractivity contribution in [2.75, 3.05) is 31.6 Å². The lowest BCUT2D eigenvalue weighted by molar-refractivity contribution is -0.132. The number of aromatic hydroxyl groups is 1. The Labute approximate surface area is 252 Å². The molecule has 2 aromatic carbocycles. The van der Waals surface area contributed by atoms with Crippen molar-refractivity contribution in [3.63, 3.8) is 0 Å². The van der Waals surface area contributed by atoms with E-state index in [0.29, 0.717) is 12.8 Å². The normalized spacial score (nSPS) is 14.4. The number of sulfone groups is 1. The molecule has 0 aromatic heterocycles. The minimum atomic E-state index is -4.14. The van der Waals surface area contributed by atoms with Crippen molar-refractivity contribution >= 4 is 21.0 Å². The molecule has 0 bridgehead atoms. The van der Waals surface area contributed by atoms with Crippen LogP contribution in [0.1, 0.15) is 87.3 Å². The van der Waals surface area contributed by atoms with Crippen LogP contribution in [0.15, 0.2) is 42.5 Å². The molecule has 2 aromatic rings. The van der Waals surface area contributed by atoms with Crippen LogP contribution in [0.3, 0.4) is 0 Å². The van der Waals surface area contributed by atoms with Crippen LogP contribution in [0.25, 0.3) is 11.1 Å². The summed E-state index contributed by atoms with van der Waals surface area (Å²) in [7, 11) is -1.56. The summed E-state index contributed by atoms with van der Waals surface area (Å²) in [6.45, 7) is 1.59. The molecule has 3 rings (SSSR count). The number of benzene rings is 2. The number of hydrogen-bond acceptors (Lipinski definition) is 4. The summed E-state index contributed by atoms with van der Waals surface area (Å²) in [5.41, 5.74) is 5.88. The summed E-state index contributed by atoms with van der Waals surface area (Å²) < 4.78 is 88.1. The Morgan fingerprint density at radius 2 is 1.53 bits per heavy atom. The van der Waals surface area contributed by atoms with Gasteiger partial charge in [0.25, 0.3) is 0 Å². The third kappa shape index (κ3) is 11.5. The maximum atomic E-state index is 13.6. The highest BCUT2D eigenvalue weighted by Gasteiger charge is 2.40. The van der Waals surface area contributed by atoms with Crippen molar-refractivity contribution < 1.29 is 35.5 Å². The van der Waals surface area contributed by atoms with E-state index in [1.807, 2.05) is 31.3 Å². The Morgan fingerprint density at radius 3 is 2.23 bits per heavy atom. The van der Waals surface area contributed by atoms with Gasteiger partial charge in [0.05, 0.1) is 11.5 Å². The highest BCUT2D eigenvalue weighted by Crippen LogP contribution is 2.39. The number of hydrogen-bond donors (Lipinski definition) is 1. The second-order valence-electron chi connectivity index (χ2n) is 11.7. The topological polar surface area (TPSA) is 57.6 Å². The van der Waals surface area contributed by atoms with E-state index in [0.717, 1.165) is 75.6 Å². The van der Waals surface area contributed by atoms with Gasteiger partial charge in [-0.05, 0) is 130 Å². The standard InChI is InChI=1S/C33H44F5NO3S/c1-39(21-6-7-22-43(41,42)23-9-19-33(37,38)32(35)36)20-5-3-2-4-11-31-29(25-13-15-27(34)16-14-25)12-8-10-26-24-28(40)17-18-30(26)31/h13-18,24,32,40H,2-12,19-23H2,1H3. The third-order valence-electron chi connectivity index (χ3n) is 8.09. The molecule has 0 heterocycles. The van der Waals surface area contributed by atoms with Crippen LogP contribution in [-0.2, 0) is 16.3 Å². The minimum Gasteiger partial charge on any atom is -0.508 e. The maximum absolute atomic E-state index is 13.6. The van der Waals surface area contributed by atoms with Crippen LogP contribution in [-0.4, -0.2) is 62.4 Å². The second kappa shape index (κ2) is 16.6. The monoisotopic (exact) mass is 629 g/mol. The van der Waals surface area contributed by atoms with Crippen LogP contribution >= 0.6 is 0 Å². The van der Waals surface area contributed by atoms with Crippen molar-refractivity contribution in [2.24, 2.45) is 0 Å². The van der Waals surface area contributed by atoms with Gasteiger partial charge in [-0.1, -0.05) is 31.0 Å². The average molecular weight is 630 g/mol. The first-order valence-electron chi connectivity index (χ1n) is 15.2.